The molecule has 0 aliphatic carbocycles. The van der Waals surface area contributed by atoms with E-state index in [9.17, 15) is 4.79 Å². The van der Waals surface area contributed by atoms with Crippen LogP contribution in [0.1, 0.15) is 38.1 Å². The number of nitrogens with one attached hydrogen (secondary N) is 2. The molecule has 2 N–H and O–H groups in total. The lowest BCUT2D eigenvalue weighted by Crippen LogP contribution is -2.37. The van der Waals surface area contributed by atoms with E-state index in [2.05, 4.69) is 38.0 Å². The van der Waals surface area contributed by atoms with Crippen LogP contribution in [0, 0.1) is 11.3 Å². The first-order valence-electron chi connectivity index (χ1n) is 6.76. The standard InChI is InChI=1S/C16H22N2O/c1-11(2)16(3,4)10-18-15(19)13-7-5-6-12-8-9-17-14(12)13/h5-9,11,17H,10H2,1-4H3,(H,18,19). The minimum absolute atomic E-state index is 0.0122. The van der Waals surface area contributed by atoms with Gasteiger partial charge in [-0.3, -0.25) is 4.79 Å². The Morgan fingerprint density at radius 1 is 1.32 bits per heavy atom. The molecule has 0 radical (unpaired) electrons. The van der Waals surface area contributed by atoms with E-state index < -0.39 is 0 Å². The Balaban J connectivity index is 2.15. The van der Waals surface area contributed by atoms with Crippen LogP contribution in [0.2, 0.25) is 0 Å². The van der Waals surface area contributed by atoms with E-state index in [4.69, 9.17) is 0 Å². The van der Waals surface area contributed by atoms with Gasteiger partial charge in [0.05, 0.1) is 11.1 Å². The lowest BCUT2D eigenvalue weighted by atomic mass is 9.81. The highest BCUT2D eigenvalue weighted by Gasteiger charge is 2.23. The predicted molar refractivity (Wildman–Crippen MR) is 79.3 cm³/mol. The predicted octanol–water partition coefficient (Wildman–Crippen LogP) is 3.58. The van der Waals surface area contributed by atoms with Crippen molar-refractivity contribution in [2.75, 3.05) is 6.54 Å². The number of aromatic nitrogens is 1. The van der Waals surface area contributed by atoms with Crippen molar-refractivity contribution in [1.29, 1.82) is 0 Å². The lowest BCUT2D eigenvalue weighted by Gasteiger charge is -2.29. The highest BCUT2D eigenvalue weighted by atomic mass is 16.1. The summed E-state index contributed by atoms with van der Waals surface area (Å²) in [7, 11) is 0. The largest absolute Gasteiger partial charge is 0.361 e. The summed E-state index contributed by atoms with van der Waals surface area (Å²) in [6, 6.07) is 7.75. The van der Waals surface area contributed by atoms with E-state index in [1.165, 1.54) is 0 Å². The average Bonchev–Trinajstić information content (AvgIpc) is 2.83. The maximum atomic E-state index is 12.3. The van der Waals surface area contributed by atoms with Crippen molar-refractivity contribution in [1.82, 2.24) is 10.3 Å². The van der Waals surface area contributed by atoms with Gasteiger partial charge in [-0.15, -0.1) is 0 Å². The highest BCUT2D eigenvalue weighted by molar-refractivity contribution is 6.05. The molecule has 3 nitrogen and oxygen atoms in total. The van der Waals surface area contributed by atoms with Gasteiger partial charge in [-0.25, -0.2) is 0 Å². The van der Waals surface area contributed by atoms with E-state index in [0.717, 1.165) is 10.9 Å². The summed E-state index contributed by atoms with van der Waals surface area (Å²) in [5.74, 6) is 0.510. The molecule has 1 amide bonds. The van der Waals surface area contributed by atoms with Crippen LogP contribution in [0.15, 0.2) is 30.5 Å². The van der Waals surface area contributed by atoms with Crippen molar-refractivity contribution in [3.05, 3.63) is 36.0 Å². The molecule has 0 spiro atoms. The summed E-state index contributed by atoms with van der Waals surface area (Å²) in [6.45, 7) is 9.39. The average molecular weight is 258 g/mol. The first kappa shape index (κ1) is 13.7. The molecular weight excluding hydrogens is 236 g/mol. The molecule has 102 valence electrons. The molecule has 1 heterocycles. The van der Waals surface area contributed by atoms with Crippen molar-refractivity contribution in [2.24, 2.45) is 11.3 Å². The number of H-pyrrole nitrogens is 1. The number of carbonyl (C=O) groups is 1. The van der Waals surface area contributed by atoms with Crippen LogP contribution >= 0.6 is 0 Å². The van der Waals surface area contributed by atoms with Crippen molar-refractivity contribution < 1.29 is 4.79 Å². The summed E-state index contributed by atoms with van der Waals surface area (Å²) < 4.78 is 0. The monoisotopic (exact) mass is 258 g/mol. The van der Waals surface area contributed by atoms with Gasteiger partial charge in [0.2, 0.25) is 0 Å². The Labute approximate surface area is 114 Å². The Morgan fingerprint density at radius 3 is 2.74 bits per heavy atom. The molecule has 0 aliphatic rings. The number of fused-ring (bicyclic) bond motifs is 1. The van der Waals surface area contributed by atoms with E-state index >= 15 is 0 Å². The third-order valence-electron chi connectivity index (χ3n) is 4.10. The number of benzene rings is 1. The summed E-state index contributed by atoms with van der Waals surface area (Å²) in [4.78, 5) is 15.4. The van der Waals surface area contributed by atoms with Crippen molar-refractivity contribution in [3.8, 4) is 0 Å². The zero-order chi connectivity index (χ0) is 14.0. The third kappa shape index (κ3) is 2.80. The van der Waals surface area contributed by atoms with Crippen LogP contribution in [-0.2, 0) is 0 Å². The SMILES string of the molecule is CC(C)C(C)(C)CNC(=O)c1cccc2cc[nH]c12. The number of carbonyl (C=O) groups excluding carboxylic acids is 1. The fourth-order valence-corrected chi connectivity index (χ4v) is 1.88. The number of amides is 1. The molecule has 19 heavy (non-hydrogen) atoms. The first-order chi connectivity index (χ1) is 8.92. The van der Waals surface area contributed by atoms with E-state index in [1.54, 1.807) is 0 Å². The van der Waals surface area contributed by atoms with E-state index in [0.29, 0.717) is 18.0 Å². The van der Waals surface area contributed by atoms with E-state index in [1.807, 2.05) is 30.5 Å². The summed E-state index contributed by atoms with van der Waals surface area (Å²) in [5.41, 5.74) is 1.71. The maximum Gasteiger partial charge on any atom is 0.253 e. The van der Waals surface area contributed by atoms with Crippen molar-refractivity contribution in [3.63, 3.8) is 0 Å². The Bertz CT molecular complexity index is 581. The Morgan fingerprint density at radius 2 is 2.05 bits per heavy atom. The molecule has 2 rings (SSSR count). The minimum atomic E-state index is -0.0122. The molecule has 0 unspecified atom stereocenters. The summed E-state index contributed by atoms with van der Waals surface area (Å²) >= 11 is 0. The molecule has 0 aliphatic heterocycles. The zero-order valence-electron chi connectivity index (χ0n) is 12.1. The maximum absolute atomic E-state index is 12.3. The van der Waals surface area contributed by atoms with E-state index in [-0.39, 0.29) is 11.3 Å². The van der Waals surface area contributed by atoms with Crippen LogP contribution in [0.5, 0.6) is 0 Å². The molecular formula is C16H22N2O. The van der Waals surface area contributed by atoms with Gasteiger partial charge in [0.25, 0.3) is 5.91 Å². The first-order valence-corrected chi connectivity index (χ1v) is 6.76. The Hall–Kier alpha value is -1.77. The fraction of sp³-hybridized carbons (Fsp3) is 0.438. The van der Waals surface area contributed by atoms with Crippen molar-refractivity contribution >= 4 is 16.8 Å². The fourth-order valence-electron chi connectivity index (χ4n) is 1.88. The molecule has 1 aromatic carbocycles. The number of rotatable bonds is 4. The van der Waals surface area contributed by atoms with Gasteiger partial charge < -0.3 is 10.3 Å². The number of para-hydroxylation sites is 1. The van der Waals surface area contributed by atoms with Gasteiger partial charge in [-0.2, -0.15) is 0 Å². The second-order valence-corrected chi connectivity index (χ2v) is 6.07. The summed E-state index contributed by atoms with van der Waals surface area (Å²) in [5, 5.41) is 4.11. The van der Waals surface area contributed by atoms with Gasteiger partial charge in [-0.05, 0) is 23.5 Å². The lowest BCUT2D eigenvalue weighted by molar-refractivity contribution is 0.0926. The van der Waals surface area contributed by atoms with Gasteiger partial charge in [-0.1, -0.05) is 39.8 Å². The molecule has 1 aromatic heterocycles. The van der Waals surface area contributed by atoms with Crippen LogP contribution in [0.25, 0.3) is 10.9 Å². The third-order valence-corrected chi connectivity index (χ3v) is 4.10. The summed E-state index contributed by atoms with van der Waals surface area (Å²) in [6.07, 6.45) is 1.86. The second kappa shape index (κ2) is 5.08. The highest BCUT2D eigenvalue weighted by Crippen LogP contribution is 2.25. The zero-order valence-corrected chi connectivity index (χ0v) is 12.1. The van der Waals surface area contributed by atoms with Crippen LogP contribution < -0.4 is 5.32 Å². The van der Waals surface area contributed by atoms with Gasteiger partial charge in [0, 0.05) is 18.1 Å². The van der Waals surface area contributed by atoms with Crippen molar-refractivity contribution in [2.45, 2.75) is 27.7 Å². The van der Waals surface area contributed by atoms with Gasteiger partial charge >= 0.3 is 0 Å². The number of hydrogen-bond donors (Lipinski definition) is 2. The molecule has 0 fully saturated rings. The van der Waals surface area contributed by atoms with Crippen LogP contribution in [0.3, 0.4) is 0 Å². The normalized spacial score (nSPS) is 12.1. The molecule has 0 bridgehead atoms. The number of aromatic amines is 1. The topological polar surface area (TPSA) is 44.9 Å². The molecule has 0 saturated carbocycles. The molecule has 3 heteroatoms. The smallest absolute Gasteiger partial charge is 0.253 e. The minimum Gasteiger partial charge on any atom is -0.361 e. The quantitative estimate of drug-likeness (QED) is 0.865. The van der Waals surface area contributed by atoms with Gasteiger partial charge in [0.1, 0.15) is 0 Å². The second-order valence-electron chi connectivity index (χ2n) is 6.07. The molecule has 0 saturated heterocycles. The number of hydrogen-bond acceptors (Lipinski definition) is 1. The molecule has 0 atom stereocenters. The molecule has 2 aromatic rings. The Kier molecular flexibility index (Phi) is 3.65. The van der Waals surface area contributed by atoms with Gasteiger partial charge in [0.15, 0.2) is 0 Å². The van der Waals surface area contributed by atoms with Crippen LogP contribution in [-0.4, -0.2) is 17.4 Å². The van der Waals surface area contributed by atoms with Crippen LogP contribution in [0.4, 0.5) is 0 Å².